The van der Waals surface area contributed by atoms with Gasteiger partial charge in [-0.15, -0.1) is 0 Å². The highest BCUT2D eigenvalue weighted by atomic mass is 32.2. The number of anilines is 1. The number of carbonyl (C=O) groups excluding carboxylic acids is 1. The summed E-state index contributed by atoms with van der Waals surface area (Å²) in [5.41, 5.74) is 0.683. The van der Waals surface area contributed by atoms with Crippen LogP contribution < -0.4 is 9.64 Å². The van der Waals surface area contributed by atoms with Crippen molar-refractivity contribution in [2.75, 3.05) is 38.3 Å². The van der Waals surface area contributed by atoms with Crippen LogP contribution in [-0.4, -0.2) is 63.1 Å². The molecule has 2 fully saturated rings. The van der Waals surface area contributed by atoms with E-state index >= 15 is 0 Å². The lowest BCUT2D eigenvalue weighted by Crippen LogP contribution is -2.46. The zero-order chi connectivity index (χ0) is 26.2. The molecule has 3 heterocycles. The van der Waals surface area contributed by atoms with Crippen molar-refractivity contribution in [1.29, 1.82) is 0 Å². The first-order valence-corrected chi connectivity index (χ1v) is 14.4. The summed E-state index contributed by atoms with van der Waals surface area (Å²) in [6.45, 7) is 1.22. The molecule has 0 bridgehead atoms. The number of nitrogens with zero attached hydrogens (tertiary/aromatic N) is 3. The predicted molar refractivity (Wildman–Crippen MR) is 135 cm³/mol. The minimum Gasteiger partial charge on any atom is -0.494 e. The third-order valence-electron chi connectivity index (χ3n) is 6.83. The maximum Gasteiger partial charge on any atom is 0.243 e. The molecule has 3 aromatic rings. The lowest BCUT2D eigenvalue weighted by Gasteiger charge is -2.33. The predicted octanol–water partition coefficient (Wildman–Crippen LogP) is 4.20. The van der Waals surface area contributed by atoms with Gasteiger partial charge in [0.25, 0.3) is 0 Å². The molecule has 1 amide bonds. The van der Waals surface area contributed by atoms with Gasteiger partial charge >= 0.3 is 0 Å². The normalized spacial score (nSPS) is 19.4. The fourth-order valence-electron chi connectivity index (χ4n) is 4.80. The quantitative estimate of drug-likeness (QED) is 0.438. The summed E-state index contributed by atoms with van der Waals surface area (Å²) in [5, 5.41) is 0.553. The van der Waals surface area contributed by atoms with Crippen molar-refractivity contribution in [3.05, 3.63) is 48.0 Å². The number of methoxy groups -OCH3 is 1. The second-order valence-electron chi connectivity index (χ2n) is 9.14. The molecule has 37 heavy (non-hydrogen) atoms. The number of benzene rings is 2. The Kier molecular flexibility index (Phi) is 7.44. The number of fused-ring (bicyclic) bond motifs is 1. The largest absolute Gasteiger partial charge is 0.494 e. The molecule has 1 unspecified atom stereocenters. The van der Waals surface area contributed by atoms with E-state index in [0.29, 0.717) is 48.5 Å². The first-order chi connectivity index (χ1) is 17.8. The van der Waals surface area contributed by atoms with Crippen LogP contribution in [0.1, 0.15) is 25.7 Å². The minimum absolute atomic E-state index is 0.0910. The second kappa shape index (κ2) is 10.6. The molecule has 2 saturated heterocycles. The molecule has 2 aromatic carbocycles. The number of sulfonamides is 1. The average Bonchev–Trinajstić information content (AvgIpc) is 3.58. The van der Waals surface area contributed by atoms with Crippen LogP contribution >= 0.6 is 11.3 Å². The van der Waals surface area contributed by atoms with Gasteiger partial charge in [-0.3, -0.25) is 9.69 Å². The molecular formula is C25H27F2N3O5S2. The van der Waals surface area contributed by atoms with Gasteiger partial charge in [-0.2, -0.15) is 4.31 Å². The van der Waals surface area contributed by atoms with Crippen molar-refractivity contribution < 1.29 is 31.5 Å². The van der Waals surface area contributed by atoms with E-state index in [2.05, 4.69) is 0 Å². The van der Waals surface area contributed by atoms with Gasteiger partial charge < -0.3 is 9.47 Å². The maximum atomic E-state index is 13.8. The van der Waals surface area contributed by atoms with Gasteiger partial charge in [0, 0.05) is 25.6 Å². The number of thiazole rings is 1. The third kappa shape index (κ3) is 5.20. The van der Waals surface area contributed by atoms with Crippen LogP contribution in [0.5, 0.6) is 5.75 Å². The molecule has 0 saturated carbocycles. The molecular weight excluding hydrogens is 524 g/mol. The number of piperidine rings is 1. The summed E-state index contributed by atoms with van der Waals surface area (Å²) in [6, 6.07) is 8.16. The minimum atomic E-state index is -4.01. The lowest BCUT2D eigenvalue weighted by molar-refractivity contribution is -0.123. The van der Waals surface area contributed by atoms with Crippen molar-refractivity contribution in [2.45, 2.75) is 36.7 Å². The highest BCUT2D eigenvalue weighted by molar-refractivity contribution is 7.89. The fourth-order valence-corrected chi connectivity index (χ4v) is 7.28. The number of hydrogen-bond donors (Lipinski definition) is 0. The zero-order valence-electron chi connectivity index (χ0n) is 20.2. The van der Waals surface area contributed by atoms with Gasteiger partial charge in [0.05, 0.1) is 29.4 Å². The van der Waals surface area contributed by atoms with Crippen LogP contribution in [0.2, 0.25) is 0 Å². The molecule has 12 heteroatoms. The number of carbonyl (C=O) groups is 1. The number of rotatable bonds is 7. The van der Waals surface area contributed by atoms with Crippen molar-refractivity contribution in [2.24, 2.45) is 5.92 Å². The molecule has 0 spiro atoms. The van der Waals surface area contributed by atoms with E-state index in [9.17, 15) is 22.0 Å². The van der Waals surface area contributed by atoms with Crippen LogP contribution in [-0.2, 0) is 19.6 Å². The number of amides is 1. The SMILES string of the molecule is COc1cccc2sc(N(CC3CCCO3)C(=O)C3CCN(S(=O)(=O)c4ccc(F)c(F)c4)CC3)nc12. The summed E-state index contributed by atoms with van der Waals surface area (Å²) in [7, 11) is -2.43. The number of ether oxygens (including phenoxy) is 2. The highest BCUT2D eigenvalue weighted by Gasteiger charge is 2.36. The average molecular weight is 552 g/mol. The van der Waals surface area contributed by atoms with E-state index in [1.807, 2.05) is 18.2 Å². The Morgan fingerprint density at radius 1 is 1.19 bits per heavy atom. The van der Waals surface area contributed by atoms with E-state index < -0.39 is 27.6 Å². The molecule has 2 aliphatic rings. The first-order valence-electron chi connectivity index (χ1n) is 12.1. The monoisotopic (exact) mass is 551 g/mol. The molecule has 198 valence electrons. The van der Waals surface area contributed by atoms with Crippen LogP contribution in [0.25, 0.3) is 10.2 Å². The molecule has 0 N–H and O–H groups in total. The van der Waals surface area contributed by atoms with E-state index in [1.54, 1.807) is 12.0 Å². The number of hydrogen-bond acceptors (Lipinski definition) is 7. The smallest absolute Gasteiger partial charge is 0.243 e. The van der Waals surface area contributed by atoms with Gasteiger partial charge in [-0.05, 0) is 56.0 Å². The Morgan fingerprint density at radius 2 is 1.97 bits per heavy atom. The van der Waals surface area contributed by atoms with Gasteiger partial charge in [0.2, 0.25) is 15.9 Å². The van der Waals surface area contributed by atoms with Crippen molar-refractivity contribution in [3.63, 3.8) is 0 Å². The van der Waals surface area contributed by atoms with Crippen LogP contribution in [0.3, 0.4) is 0 Å². The lowest BCUT2D eigenvalue weighted by atomic mass is 9.96. The second-order valence-corrected chi connectivity index (χ2v) is 12.1. The molecule has 5 rings (SSSR count). The summed E-state index contributed by atoms with van der Waals surface area (Å²) < 4.78 is 66.3. The maximum absolute atomic E-state index is 13.8. The van der Waals surface area contributed by atoms with Gasteiger partial charge in [-0.1, -0.05) is 17.4 Å². The standard InChI is InChI=1S/C25H27F2N3O5S2/c1-34-21-5-2-6-22-23(21)28-25(36-22)30(15-17-4-3-13-35-17)24(31)16-9-11-29(12-10-16)37(32,33)18-7-8-19(26)20(27)14-18/h2,5-8,14,16-17H,3-4,9-13,15H2,1H3. The van der Waals surface area contributed by atoms with Gasteiger partial charge in [-0.25, -0.2) is 22.2 Å². The first kappa shape index (κ1) is 26.0. The summed E-state index contributed by atoms with van der Waals surface area (Å²) >= 11 is 1.40. The van der Waals surface area contributed by atoms with Crippen LogP contribution in [0.15, 0.2) is 41.3 Å². The molecule has 8 nitrogen and oxygen atoms in total. The number of para-hydroxylation sites is 1. The Labute approximate surface area is 217 Å². The van der Waals surface area contributed by atoms with E-state index in [0.717, 1.165) is 29.7 Å². The number of halogens is 2. The van der Waals surface area contributed by atoms with Crippen molar-refractivity contribution in [3.8, 4) is 5.75 Å². The molecule has 1 aromatic heterocycles. The van der Waals surface area contributed by atoms with Gasteiger partial charge in [0.15, 0.2) is 16.8 Å². The topological polar surface area (TPSA) is 89.0 Å². The Morgan fingerprint density at radius 3 is 2.65 bits per heavy atom. The molecule has 0 radical (unpaired) electrons. The van der Waals surface area contributed by atoms with Crippen molar-refractivity contribution >= 4 is 42.6 Å². The Bertz CT molecular complexity index is 1400. The van der Waals surface area contributed by atoms with Crippen LogP contribution in [0, 0.1) is 17.6 Å². The summed E-state index contributed by atoms with van der Waals surface area (Å²) in [5.74, 6) is -2.24. The van der Waals surface area contributed by atoms with E-state index in [-0.39, 0.29) is 30.0 Å². The molecule has 0 aliphatic carbocycles. The highest BCUT2D eigenvalue weighted by Crippen LogP contribution is 2.36. The van der Waals surface area contributed by atoms with Gasteiger partial charge in [0.1, 0.15) is 11.3 Å². The summed E-state index contributed by atoms with van der Waals surface area (Å²) in [6.07, 6.45) is 2.30. The fraction of sp³-hybridized carbons (Fsp3) is 0.440. The van der Waals surface area contributed by atoms with E-state index in [4.69, 9.17) is 14.5 Å². The zero-order valence-corrected chi connectivity index (χ0v) is 21.9. The summed E-state index contributed by atoms with van der Waals surface area (Å²) in [4.78, 5) is 19.9. The Hall–Kier alpha value is -2.67. The van der Waals surface area contributed by atoms with Crippen LogP contribution in [0.4, 0.5) is 13.9 Å². The molecule has 1 atom stereocenters. The van der Waals surface area contributed by atoms with Crippen molar-refractivity contribution in [1.82, 2.24) is 9.29 Å². The Balaban J connectivity index is 1.35. The number of aromatic nitrogens is 1. The van der Waals surface area contributed by atoms with E-state index in [1.165, 1.54) is 15.6 Å². The third-order valence-corrected chi connectivity index (χ3v) is 9.77. The molecule has 2 aliphatic heterocycles.